The molecule has 0 aliphatic rings. The van der Waals surface area contributed by atoms with Crippen molar-refractivity contribution in [2.24, 2.45) is 0 Å². The van der Waals surface area contributed by atoms with Crippen LogP contribution in [0.15, 0.2) is 36.5 Å². The van der Waals surface area contributed by atoms with Gasteiger partial charge in [-0.3, -0.25) is 4.68 Å². The van der Waals surface area contributed by atoms with Gasteiger partial charge in [-0.1, -0.05) is 23.7 Å². The Morgan fingerprint density at radius 2 is 2.05 bits per heavy atom. The van der Waals surface area contributed by atoms with Gasteiger partial charge in [-0.2, -0.15) is 5.10 Å². The van der Waals surface area contributed by atoms with Crippen molar-refractivity contribution >= 4 is 11.6 Å². The van der Waals surface area contributed by atoms with Crippen molar-refractivity contribution in [3.05, 3.63) is 52.8 Å². The molecule has 0 saturated heterocycles. The number of rotatable bonds is 5. The van der Waals surface area contributed by atoms with E-state index in [9.17, 15) is 0 Å². The predicted octanol–water partition coefficient (Wildman–Crippen LogP) is 3.97. The van der Waals surface area contributed by atoms with E-state index < -0.39 is 0 Å². The Morgan fingerprint density at radius 3 is 2.68 bits per heavy atom. The van der Waals surface area contributed by atoms with Gasteiger partial charge < -0.3 is 5.32 Å². The van der Waals surface area contributed by atoms with Crippen molar-refractivity contribution in [2.45, 2.75) is 39.4 Å². The molecule has 2 rings (SSSR count). The summed E-state index contributed by atoms with van der Waals surface area (Å²) in [6.45, 7) is 7.14. The van der Waals surface area contributed by atoms with E-state index >= 15 is 0 Å². The number of nitrogens with one attached hydrogen (secondary N) is 1. The molecule has 0 saturated carbocycles. The fourth-order valence-electron chi connectivity index (χ4n) is 1.91. The van der Waals surface area contributed by atoms with Gasteiger partial charge >= 0.3 is 0 Å². The molecule has 0 fully saturated rings. The Labute approximate surface area is 119 Å². The molecule has 0 bridgehead atoms. The van der Waals surface area contributed by atoms with Crippen LogP contribution in [0, 0.1) is 0 Å². The Morgan fingerprint density at radius 1 is 1.26 bits per heavy atom. The second-order valence-electron chi connectivity index (χ2n) is 5.04. The third kappa shape index (κ3) is 3.82. The standard InChI is InChI=1S/C15H20ClN3/c1-11(2)19-8-7-15(18-19)10-17-12(3)13-5-4-6-14(16)9-13/h4-9,11-12,17H,10H2,1-3H3/t12-/m1/s1. The first-order valence-corrected chi connectivity index (χ1v) is 6.97. The molecule has 0 aliphatic heterocycles. The first-order valence-electron chi connectivity index (χ1n) is 6.59. The van der Waals surface area contributed by atoms with Gasteiger partial charge in [0, 0.05) is 29.8 Å². The Bertz CT molecular complexity index is 534. The van der Waals surface area contributed by atoms with E-state index in [2.05, 4.69) is 43.3 Å². The quantitative estimate of drug-likeness (QED) is 0.896. The van der Waals surface area contributed by atoms with Crippen molar-refractivity contribution in [3.63, 3.8) is 0 Å². The highest BCUT2D eigenvalue weighted by molar-refractivity contribution is 6.30. The minimum absolute atomic E-state index is 0.253. The Kier molecular flexibility index (Phi) is 4.61. The minimum Gasteiger partial charge on any atom is -0.304 e. The predicted molar refractivity (Wildman–Crippen MR) is 79.3 cm³/mol. The van der Waals surface area contributed by atoms with Gasteiger partial charge in [-0.15, -0.1) is 0 Å². The van der Waals surface area contributed by atoms with Gasteiger partial charge in [0.2, 0.25) is 0 Å². The molecule has 0 aliphatic carbocycles. The average molecular weight is 278 g/mol. The summed E-state index contributed by atoms with van der Waals surface area (Å²) in [7, 11) is 0. The molecule has 19 heavy (non-hydrogen) atoms. The van der Waals surface area contributed by atoms with Crippen molar-refractivity contribution in [3.8, 4) is 0 Å². The Hall–Kier alpha value is -1.32. The van der Waals surface area contributed by atoms with Crippen LogP contribution in [0.25, 0.3) is 0 Å². The highest BCUT2D eigenvalue weighted by atomic mass is 35.5. The average Bonchev–Trinajstić information content (AvgIpc) is 2.85. The summed E-state index contributed by atoms with van der Waals surface area (Å²) in [6, 6.07) is 10.6. The van der Waals surface area contributed by atoms with Crippen LogP contribution in [0.2, 0.25) is 5.02 Å². The summed E-state index contributed by atoms with van der Waals surface area (Å²) < 4.78 is 1.97. The van der Waals surface area contributed by atoms with E-state index in [1.165, 1.54) is 5.56 Å². The van der Waals surface area contributed by atoms with E-state index in [1.807, 2.05) is 29.1 Å². The summed E-state index contributed by atoms with van der Waals surface area (Å²) in [5.41, 5.74) is 2.25. The molecule has 3 nitrogen and oxygen atoms in total. The van der Waals surface area contributed by atoms with Crippen LogP contribution < -0.4 is 5.32 Å². The van der Waals surface area contributed by atoms with Crippen molar-refractivity contribution in [1.29, 1.82) is 0 Å². The van der Waals surface area contributed by atoms with Crippen LogP contribution >= 0.6 is 11.6 Å². The topological polar surface area (TPSA) is 29.9 Å². The zero-order valence-electron chi connectivity index (χ0n) is 11.6. The molecule has 4 heteroatoms. The van der Waals surface area contributed by atoms with E-state index in [0.717, 1.165) is 17.3 Å². The third-order valence-corrected chi connectivity index (χ3v) is 3.37. The maximum absolute atomic E-state index is 6.00. The van der Waals surface area contributed by atoms with Crippen molar-refractivity contribution < 1.29 is 0 Å². The lowest BCUT2D eigenvalue weighted by Crippen LogP contribution is -2.18. The lowest BCUT2D eigenvalue weighted by Gasteiger charge is -2.13. The second kappa shape index (κ2) is 6.22. The number of aromatic nitrogens is 2. The van der Waals surface area contributed by atoms with Crippen molar-refractivity contribution in [1.82, 2.24) is 15.1 Å². The fraction of sp³-hybridized carbons (Fsp3) is 0.400. The molecule has 0 amide bonds. The van der Waals surface area contributed by atoms with Crippen LogP contribution in [-0.4, -0.2) is 9.78 Å². The van der Waals surface area contributed by atoms with E-state index in [0.29, 0.717) is 6.04 Å². The van der Waals surface area contributed by atoms with Gasteiger partial charge in [0.15, 0.2) is 0 Å². The number of benzene rings is 1. The van der Waals surface area contributed by atoms with Gasteiger partial charge in [0.1, 0.15) is 0 Å². The van der Waals surface area contributed by atoms with Gasteiger partial charge in [0.25, 0.3) is 0 Å². The number of hydrogen-bond donors (Lipinski definition) is 1. The monoisotopic (exact) mass is 277 g/mol. The molecule has 0 radical (unpaired) electrons. The first-order chi connectivity index (χ1) is 9.06. The number of halogens is 1. The molecular weight excluding hydrogens is 258 g/mol. The Balaban J connectivity index is 1.94. The lowest BCUT2D eigenvalue weighted by molar-refractivity contribution is 0.512. The van der Waals surface area contributed by atoms with Crippen LogP contribution in [0.3, 0.4) is 0 Å². The van der Waals surface area contributed by atoms with Crippen LogP contribution in [-0.2, 0) is 6.54 Å². The minimum atomic E-state index is 0.253. The molecule has 0 unspecified atom stereocenters. The number of nitrogens with zero attached hydrogens (tertiary/aromatic N) is 2. The largest absolute Gasteiger partial charge is 0.304 e. The molecule has 1 aromatic heterocycles. The molecule has 102 valence electrons. The highest BCUT2D eigenvalue weighted by Gasteiger charge is 2.07. The zero-order chi connectivity index (χ0) is 13.8. The second-order valence-corrected chi connectivity index (χ2v) is 5.47. The summed E-state index contributed by atoms with van der Waals surface area (Å²) in [4.78, 5) is 0. The molecule has 1 heterocycles. The van der Waals surface area contributed by atoms with E-state index in [1.54, 1.807) is 0 Å². The lowest BCUT2D eigenvalue weighted by atomic mass is 10.1. The SMILES string of the molecule is CC(C)n1ccc(CN[C@H](C)c2cccc(Cl)c2)n1. The summed E-state index contributed by atoms with van der Waals surface area (Å²) in [5, 5.41) is 8.75. The molecule has 0 spiro atoms. The summed E-state index contributed by atoms with van der Waals surface area (Å²) in [5.74, 6) is 0. The van der Waals surface area contributed by atoms with Gasteiger partial charge in [0.05, 0.1) is 5.69 Å². The van der Waals surface area contributed by atoms with Gasteiger partial charge in [-0.25, -0.2) is 0 Å². The van der Waals surface area contributed by atoms with Gasteiger partial charge in [-0.05, 0) is 44.5 Å². The number of hydrogen-bond acceptors (Lipinski definition) is 2. The third-order valence-electron chi connectivity index (χ3n) is 3.13. The normalized spacial score (nSPS) is 12.9. The smallest absolute Gasteiger partial charge is 0.0762 e. The highest BCUT2D eigenvalue weighted by Crippen LogP contribution is 2.17. The van der Waals surface area contributed by atoms with E-state index in [-0.39, 0.29) is 6.04 Å². The maximum atomic E-state index is 6.00. The van der Waals surface area contributed by atoms with Crippen LogP contribution in [0.1, 0.15) is 44.1 Å². The molecule has 1 aromatic carbocycles. The maximum Gasteiger partial charge on any atom is 0.0762 e. The van der Waals surface area contributed by atoms with Crippen molar-refractivity contribution in [2.75, 3.05) is 0 Å². The zero-order valence-corrected chi connectivity index (χ0v) is 12.4. The van der Waals surface area contributed by atoms with E-state index in [4.69, 9.17) is 11.6 Å². The summed E-state index contributed by atoms with van der Waals surface area (Å²) >= 11 is 6.00. The van der Waals surface area contributed by atoms with Crippen LogP contribution in [0.4, 0.5) is 0 Å². The first kappa shape index (κ1) is 14.1. The van der Waals surface area contributed by atoms with Crippen LogP contribution in [0.5, 0.6) is 0 Å². The fourth-order valence-corrected chi connectivity index (χ4v) is 2.11. The molecule has 2 aromatic rings. The molecule has 1 N–H and O–H groups in total. The summed E-state index contributed by atoms with van der Waals surface area (Å²) in [6.07, 6.45) is 2.02. The molecule has 1 atom stereocenters. The molecular formula is C15H20ClN3.